The van der Waals surface area contributed by atoms with Crippen molar-refractivity contribution in [1.82, 2.24) is 14.9 Å². The molecule has 1 unspecified atom stereocenters. The molecular weight excluding hydrogens is 210 g/mol. The lowest BCUT2D eigenvalue weighted by molar-refractivity contribution is 0.267. The Balaban J connectivity index is 1.84. The molecule has 1 aliphatic rings. The van der Waals surface area contributed by atoms with Gasteiger partial charge in [0.25, 0.3) is 0 Å². The maximum atomic E-state index is 4.40. The summed E-state index contributed by atoms with van der Waals surface area (Å²) in [4.78, 5) is 4.40. The highest BCUT2D eigenvalue weighted by Gasteiger charge is 2.22. The molecule has 0 bridgehead atoms. The van der Waals surface area contributed by atoms with E-state index in [1.54, 1.807) is 0 Å². The molecule has 0 spiro atoms. The van der Waals surface area contributed by atoms with Gasteiger partial charge >= 0.3 is 0 Å². The van der Waals surface area contributed by atoms with Crippen molar-refractivity contribution in [3.8, 4) is 0 Å². The molecule has 3 nitrogen and oxygen atoms in total. The smallest absolute Gasteiger partial charge is 0.108 e. The Labute approximate surface area is 105 Å². The minimum Gasteiger partial charge on any atom is -0.338 e. The van der Waals surface area contributed by atoms with Crippen LogP contribution in [0.15, 0.2) is 12.4 Å². The summed E-state index contributed by atoms with van der Waals surface area (Å²) in [6.07, 6.45) is 13.3. The van der Waals surface area contributed by atoms with Crippen LogP contribution in [0.2, 0.25) is 0 Å². The molecule has 0 radical (unpaired) electrons. The summed E-state index contributed by atoms with van der Waals surface area (Å²) in [5.41, 5.74) is 0. The molecule has 1 aromatic heterocycles. The molecule has 1 aliphatic carbocycles. The third-order valence-electron chi connectivity index (χ3n) is 4.19. The average molecular weight is 235 g/mol. The minimum absolute atomic E-state index is 0.673. The maximum Gasteiger partial charge on any atom is 0.108 e. The predicted molar refractivity (Wildman–Crippen MR) is 71.0 cm³/mol. The van der Waals surface area contributed by atoms with Gasteiger partial charge in [-0.05, 0) is 32.2 Å². The van der Waals surface area contributed by atoms with Crippen molar-refractivity contribution in [1.29, 1.82) is 0 Å². The molecule has 1 heterocycles. The highest BCUT2D eigenvalue weighted by atomic mass is 15.0. The molecule has 1 atom stereocenters. The van der Waals surface area contributed by atoms with Crippen LogP contribution in [0.5, 0.6) is 0 Å². The lowest BCUT2D eigenvalue weighted by Crippen LogP contribution is -2.35. The number of nitrogens with zero attached hydrogens (tertiary/aromatic N) is 2. The van der Waals surface area contributed by atoms with E-state index in [0.717, 1.165) is 12.3 Å². The van der Waals surface area contributed by atoms with Crippen molar-refractivity contribution < 1.29 is 0 Å². The zero-order valence-electron chi connectivity index (χ0n) is 11.2. The number of hydrogen-bond donors (Lipinski definition) is 1. The summed E-state index contributed by atoms with van der Waals surface area (Å²) in [6, 6.07) is 0.673. The van der Waals surface area contributed by atoms with Crippen LogP contribution >= 0.6 is 0 Å². The molecule has 1 aromatic rings. The third kappa shape index (κ3) is 3.32. The van der Waals surface area contributed by atoms with Crippen molar-refractivity contribution in [2.45, 2.75) is 51.0 Å². The first-order valence-electron chi connectivity index (χ1n) is 6.94. The van der Waals surface area contributed by atoms with Crippen LogP contribution in [0, 0.1) is 5.92 Å². The van der Waals surface area contributed by atoms with Crippen LogP contribution in [-0.2, 0) is 13.5 Å². The molecule has 0 aliphatic heterocycles. The zero-order chi connectivity index (χ0) is 12.1. The first kappa shape index (κ1) is 12.6. The van der Waals surface area contributed by atoms with Crippen LogP contribution in [0.4, 0.5) is 0 Å². The molecule has 17 heavy (non-hydrogen) atoms. The van der Waals surface area contributed by atoms with E-state index in [4.69, 9.17) is 0 Å². The Kier molecular flexibility index (Phi) is 4.60. The second-order valence-electron chi connectivity index (χ2n) is 5.29. The number of aryl methyl sites for hydroxylation is 2. The largest absolute Gasteiger partial charge is 0.338 e. The van der Waals surface area contributed by atoms with Crippen LogP contribution in [0.3, 0.4) is 0 Å². The highest BCUT2D eigenvalue weighted by molar-refractivity contribution is 4.93. The summed E-state index contributed by atoms with van der Waals surface area (Å²) in [5, 5.41) is 3.52. The first-order valence-corrected chi connectivity index (χ1v) is 6.94. The topological polar surface area (TPSA) is 29.9 Å². The van der Waals surface area contributed by atoms with Gasteiger partial charge in [-0.1, -0.05) is 19.3 Å². The second-order valence-corrected chi connectivity index (χ2v) is 5.29. The molecule has 0 saturated heterocycles. The van der Waals surface area contributed by atoms with Gasteiger partial charge in [-0.25, -0.2) is 4.98 Å². The lowest BCUT2D eigenvalue weighted by Gasteiger charge is -2.30. The monoisotopic (exact) mass is 235 g/mol. The second kappa shape index (κ2) is 6.20. The SMILES string of the molecule is CNC(CCc1nccn1C)C1CCCCC1. The van der Waals surface area contributed by atoms with Gasteiger partial charge in [0.05, 0.1) is 0 Å². The van der Waals surface area contributed by atoms with Crippen molar-refractivity contribution in [3.05, 3.63) is 18.2 Å². The number of imidazole rings is 1. The fourth-order valence-corrected chi connectivity index (χ4v) is 3.07. The van der Waals surface area contributed by atoms with Gasteiger partial charge in [-0.3, -0.25) is 0 Å². The molecule has 3 heteroatoms. The van der Waals surface area contributed by atoms with E-state index in [2.05, 4.69) is 29.0 Å². The van der Waals surface area contributed by atoms with E-state index in [1.165, 1.54) is 44.3 Å². The van der Waals surface area contributed by atoms with E-state index in [1.807, 2.05) is 12.4 Å². The fraction of sp³-hybridized carbons (Fsp3) is 0.786. The van der Waals surface area contributed by atoms with Crippen LogP contribution in [0.1, 0.15) is 44.3 Å². The molecular formula is C14H25N3. The predicted octanol–water partition coefficient (Wildman–Crippen LogP) is 2.52. The number of hydrogen-bond acceptors (Lipinski definition) is 2. The fourth-order valence-electron chi connectivity index (χ4n) is 3.07. The van der Waals surface area contributed by atoms with Crippen LogP contribution < -0.4 is 5.32 Å². The molecule has 1 saturated carbocycles. The molecule has 1 N–H and O–H groups in total. The van der Waals surface area contributed by atoms with Gasteiger partial charge in [-0.2, -0.15) is 0 Å². The Morgan fingerprint density at radius 3 is 2.76 bits per heavy atom. The Morgan fingerprint density at radius 2 is 2.18 bits per heavy atom. The number of aromatic nitrogens is 2. The summed E-state index contributed by atoms with van der Waals surface area (Å²) in [6.45, 7) is 0. The van der Waals surface area contributed by atoms with Gasteiger partial charge in [0.1, 0.15) is 5.82 Å². The molecule has 96 valence electrons. The maximum absolute atomic E-state index is 4.40. The third-order valence-corrected chi connectivity index (χ3v) is 4.19. The zero-order valence-corrected chi connectivity index (χ0v) is 11.2. The Bertz CT molecular complexity index is 326. The number of nitrogens with one attached hydrogen (secondary N) is 1. The van der Waals surface area contributed by atoms with Gasteiger partial charge in [0, 0.05) is 31.9 Å². The van der Waals surface area contributed by atoms with Crippen molar-refractivity contribution in [3.63, 3.8) is 0 Å². The van der Waals surface area contributed by atoms with Gasteiger partial charge < -0.3 is 9.88 Å². The van der Waals surface area contributed by atoms with Crippen LogP contribution in [-0.4, -0.2) is 22.6 Å². The van der Waals surface area contributed by atoms with E-state index >= 15 is 0 Å². The minimum atomic E-state index is 0.673. The lowest BCUT2D eigenvalue weighted by atomic mass is 9.82. The molecule has 0 aromatic carbocycles. The molecule has 2 rings (SSSR count). The van der Waals surface area contributed by atoms with E-state index < -0.39 is 0 Å². The Hall–Kier alpha value is -0.830. The average Bonchev–Trinajstić information content (AvgIpc) is 2.77. The Morgan fingerprint density at radius 1 is 1.41 bits per heavy atom. The van der Waals surface area contributed by atoms with E-state index in [9.17, 15) is 0 Å². The highest BCUT2D eigenvalue weighted by Crippen LogP contribution is 2.28. The first-order chi connectivity index (χ1) is 8.31. The molecule has 0 amide bonds. The summed E-state index contributed by atoms with van der Waals surface area (Å²) in [7, 11) is 4.19. The van der Waals surface area contributed by atoms with Gasteiger partial charge in [0.15, 0.2) is 0 Å². The quantitative estimate of drug-likeness (QED) is 0.850. The summed E-state index contributed by atoms with van der Waals surface area (Å²) in [5.74, 6) is 2.09. The van der Waals surface area contributed by atoms with Crippen LogP contribution in [0.25, 0.3) is 0 Å². The van der Waals surface area contributed by atoms with Gasteiger partial charge in [-0.15, -0.1) is 0 Å². The molecule has 1 fully saturated rings. The standard InChI is InChI=1S/C14H25N3/c1-15-13(12-6-4-3-5-7-12)8-9-14-16-10-11-17(14)2/h10-13,15H,3-9H2,1-2H3. The van der Waals surface area contributed by atoms with Gasteiger partial charge in [0.2, 0.25) is 0 Å². The summed E-state index contributed by atoms with van der Waals surface area (Å²) < 4.78 is 2.13. The van der Waals surface area contributed by atoms with Crippen molar-refractivity contribution in [2.24, 2.45) is 13.0 Å². The normalized spacial score (nSPS) is 19.4. The van der Waals surface area contributed by atoms with Crippen molar-refractivity contribution >= 4 is 0 Å². The van der Waals surface area contributed by atoms with Crippen molar-refractivity contribution in [2.75, 3.05) is 7.05 Å². The van der Waals surface area contributed by atoms with E-state index in [-0.39, 0.29) is 0 Å². The summed E-state index contributed by atoms with van der Waals surface area (Å²) >= 11 is 0. The van der Waals surface area contributed by atoms with E-state index in [0.29, 0.717) is 6.04 Å². The number of rotatable bonds is 5.